The molecule has 7 aliphatic rings. The van der Waals surface area contributed by atoms with Gasteiger partial charge in [0.25, 0.3) is 0 Å². The number of rotatable bonds is 2. The zero-order chi connectivity index (χ0) is 39.5. The molecular formula is C49H55N3O6. The van der Waals surface area contributed by atoms with E-state index < -0.39 is 12.3 Å². The van der Waals surface area contributed by atoms with Crippen LogP contribution in [0.15, 0.2) is 72.1 Å². The summed E-state index contributed by atoms with van der Waals surface area (Å²) in [4.78, 5) is 0. The van der Waals surface area contributed by atoms with Crippen LogP contribution in [0.2, 0.25) is 0 Å². The summed E-state index contributed by atoms with van der Waals surface area (Å²) >= 11 is 0. The summed E-state index contributed by atoms with van der Waals surface area (Å²) in [6.45, 7) is 3.95. The van der Waals surface area contributed by atoms with E-state index in [4.69, 9.17) is 19.9 Å². The fraction of sp³-hybridized carbons (Fsp3) is 0.469. The summed E-state index contributed by atoms with van der Waals surface area (Å²) in [7, 11) is 0. The van der Waals surface area contributed by atoms with Gasteiger partial charge >= 0.3 is 0 Å². The van der Waals surface area contributed by atoms with Gasteiger partial charge in [0.1, 0.15) is 12.4 Å². The van der Waals surface area contributed by atoms with Crippen molar-refractivity contribution in [2.75, 3.05) is 19.8 Å². The molecule has 2 aliphatic carbocycles. The lowest BCUT2D eigenvalue weighted by atomic mass is 9.57. The molecule has 0 amide bonds. The predicted molar refractivity (Wildman–Crippen MR) is 224 cm³/mol. The molecule has 1 fully saturated rings. The number of nitrogens with zero attached hydrogens (tertiary/aromatic N) is 1. The minimum absolute atomic E-state index is 0.0182. The van der Waals surface area contributed by atoms with E-state index in [0.29, 0.717) is 49.7 Å². The van der Waals surface area contributed by atoms with Crippen LogP contribution in [0.25, 0.3) is 16.6 Å². The minimum atomic E-state index is -0.595. The summed E-state index contributed by atoms with van der Waals surface area (Å²) in [5, 5.41) is 39.6. The molecule has 4 aromatic rings. The van der Waals surface area contributed by atoms with E-state index in [1.165, 1.54) is 16.7 Å². The number of aromatic nitrogens is 1. The molecule has 8 bridgehead atoms. The smallest absolute Gasteiger partial charge is 0.164 e. The lowest BCUT2D eigenvalue weighted by Crippen LogP contribution is -2.47. The van der Waals surface area contributed by atoms with Crippen LogP contribution in [0.3, 0.4) is 0 Å². The van der Waals surface area contributed by atoms with Crippen LogP contribution < -0.4 is 15.8 Å². The van der Waals surface area contributed by atoms with E-state index in [2.05, 4.69) is 77.4 Å². The van der Waals surface area contributed by atoms with Gasteiger partial charge in [-0.3, -0.25) is 0 Å². The molecule has 11 rings (SSSR count). The molecule has 0 radical (unpaired) electrons. The van der Waals surface area contributed by atoms with Crippen molar-refractivity contribution in [3.63, 3.8) is 0 Å². The first-order valence-corrected chi connectivity index (χ1v) is 21.5. The van der Waals surface area contributed by atoms with Gasteiger partial charge in [-0.2, -0.15) is 0 Å². The highest BCUT2D eigenvalue weighted by Crippen LogP contribution is 2.52. The minimum Gasteiger partial charge on any atom is -0.504 e. The van der Waals surface area contributed by atoms with E-state index in [1.54, 1.807) is 6.07 Å². The topological polar surface area (TPSA) is 131 Å². The molecule has 5 aliphatic heterocycles. The SMILES string of the molecule is CC1C#CC2=CC(N)NC3=C2COC(CCC1)CC(O)C1CCc2c(c(CO)cc(O)c2OCc2cc(C45CCOCC4CCc4ccccc45)cc4cn3cc24)C1. The predicted octanol–water partition coefficient (Wildman–Crippen LogP) is 6.75. The largest absolute Gasteiger partial charge is 0.504 e. The number of nitrogens with two attached hydrogens (primary N) is 1. The molecule has 9 nitrogen and oxygen atoms in total. The Morgan fingerprint density at radius 1 is 1.02 bits per heavy atom. The number of phenolic OH excluding ortho intramolecular Hbond substituents is 1. The lowest BCUT2D eigenvalue weighted by molar-refractivity contribution is -0.00228. The number of aryl methyl sites for hydroxylation is 1. The number of aliphatic hydroxyl groups excluding tert-OH is 2. The van der Waals surface area contributed by atoms with Crippen LogP contribution in [0.5, 0.6) is 11.5 Å². The van der Waals surface area contributed by atoms with Crippen molar-refractivity contribution in [1.82, 2.24) is 9.88 Å². The molecule has 3 aromatic carbocycles. The van der Waals surface area contributed by atoms with Gasteiger partial charge in [-0.15, -0.1) is 0 Å². The van der Waals surface area contributed by atoms with Crippen molar-refractivity contribution in [1.29, 1.82) is 0 Å². The summed E-state index contributed by atoms with van der Waals surface area (Å²) in [5.41, 5.74) is 16.0. The third kappa shape index (κ3) is 6.54. The van der Waals surface area contributed by atoms with Crippen molar-refractivity contribution >= 4 is 16.6 Å². The Balaban J connectivity index is 1.19. The number of benzene rings is 3. The third-order valence-electron chi connectivity index (χ3n) is 14.3. The van der Waals surface area contributed by atoms with E-state index in [9.17, 15) is 15.3 Å². The molecule has 9 heteroatoms. The van der Waals surface area contributed by atoms with Gasteiger partial charge in [-0.25, -0.2) is 0 Å². The van der Waals surface area contributed by atoms with E-state index in [-0.39, 0.29) is 42.3 Å². The number of dihydropyridines is 1. The van der Waals surface area contributed by atoms with Gasteiger partial charge < -0.3 is 45.1 Å². The maximum absolute atomic E-state index is 11.9. The highest BCUT2D eigenvalue weighted by molar-refractivity contribution is 5.88. The van der Waals surface area contributed by atoms with Gasteiger partial charge in [0, 0.05) is 57.8 Å². The molecule has 302 valence electrons. The highest BCUT2D eigenvalue weighted by Gasteiger charge is 2.47. The van der Waals surface area contributed by atoms with Gasteiger partial charge in [-0.1, -0.05) is 49.1 Å². The average molecular weight is 782 g/mol. The number of phenols is 1. The molecule has 58 heavy (non-hydrogen) atoms. The van der Waals surface area contributed by atoms with Crippen LogP contribution in [0.1, 0.15) is 90.8 Å². The van der Waals surface area contributed by atoms with E-state index >= 15 is 0 Å². The van der Waals surface area contributed by atoms with Crippen LogP contribution >= 0.6 is 0 Å². The van der Waals surface area contributed by atoms with Gasteiger partial charge in [0.05, 0.1) is 38.2 Å². The van der Waals surface area contributed by atoms with Crippen LogP contribution in [-0.4, -0.2) is 58.1 Å². The van der Waals surface area contributed by atoms with Crippen molar-refractivity contribution in [2.45, 2.75) is 108 Å². The van der Waals surface area contributed by atoms with E-state index in [0.717, 1.165) is 96.0 Å². The quantitative estimate of drug-likeness (QED) is 0.141. The molecule has 0 spiro atoms. The number of nitrogens with one attached hydrogen (secondary N) is 1. The number of fused-ring (bicyclic) bond motifs is 6. The summed E-state index contributed by atoms with van der Waals surface area (Å²) in [5.74, 6) is 8.88. The Morgan fingerprint density at radius 2 is 1.91 bits per heavy atom. The number of ether oxygens (including phenoxy) is 3. The molecule has 0 saturated carbocycles. The highest BCUT2D eigenvalue weighted by atomic mass is 16.5. The fourth-order valence-electron chi connectivity index (χ4n) is 11.2. The monoisotopic (exact) mass is 781 g/mol. The average Bonchev–Trinajstić information content (AvgIpc) is 3.67. The zero-order valence-corrected chi connectivity index (χ0v) is 33.4. The van der Waals surface area contributed by atoms with Crippen molar-refractivity contribution < 1.29 is 29.5 Å². The summed E-state index contributed by atoms with van der Waals surface area (Å²) in [6, 6.07) is 15.3. The maximum Gasteiger partial charge on any atom is 0.164 e. The second-order valence-corrected chi connectivity index (χ2v) is 17.7. The van der Waals surface area contributed by atoms with Crippen molar-refractivity contribution in [2.24, 2.45) is 23.5 Å². The Hall–Kier alpha value is -4.56. The number of hydrogen-bond acceptors (Lipinski definition) is 8. The van der Waals surface area contributed by atoms with Crippen molar-refractivity contribution in [3.05, 3.63) is 111 Å². The lowest BCUT2D eigenvalue weighted by Gasteiger charge is -2.49. The molecule has 6 N–H and O–H groups in total. The van der Waals surface area contributed by atoms with Gasteiger partial charge in [-0.05, 0) is 128 Å². The fourth-order valence-corrected chi connectivity index (χ4v) is 11.2. The Morgan fingerprint density at radius 3 is 2.81 bits per heavy atom. The number of hydrogen-bond donors (Lipinski definition) is 5. The van der Waals surface area contributed by atoms with Gasteiger partial charge in [0.2, 0.25) is 0 Å². The second kappa shape index (κ2) is 15.2. The molecule has 7 unspecified atom stereocenters. The zero-order valence-electron chi connectivity index (χ0n) is 33.4. The molecule has 1 aromatic heterocycles. The Labute approximate surface area is 340 Å². The first-order chi connectivity index (χ1) is 28.3. The maximum atomic E-state index is 11.9. The summed E-state index contributed by atoms with van der Waals surface area (Å²) < 4.78 is 22.0. The van der Waals surface area contributed by atoms with Crippen LogP contribution in [0, 0.1) is 29.6 Å². The third-order valence-corrected chi connectivity index (χ3v) is 14.3. The molecule has 6 heterocycles. The first-order valence-electron chi connectivity index (χ1n) is 21.5. The normalized spacial score (nSPS) is 29.5. The standard InChI is InChI=1S/C49H55N3O6/c1-29-5-4-7-38-22-44(54)32-12-14-39-40(19-32)34(25-53)20-45(55)47(39)58-26-35-18-37(49-15-16-56-27-36(49)13-11-30-6-2-3-8-43(30)49)17-33-23-52(24-41(33)35)48-42(28-57-38)31(10-9-29)21-46(50)51-48/h2-3,6,8,17-18,20-21,23-24,29,32,36,38,44,46,51,53-55H,4-5,7,11-16,19,22,25-28,50H2,1H3. The van der Waals surface area contributed by atoms with Crippen LogP contribution in [0.4, 0.5) is 0 Å². The van der Waals surface area contributed by atoms with Crippen molar-refractivity contribution in [3.8, 4) is 23.3 Å². The van der Waals surface area contributed by atoms with Crippen LogP contribution in [-0.2, 0) is 47.4 Å². The molecular weight excluding hydrogens is 727 g/mol. The van der Waals surface area contributed by atoms with Gasteiger partial charge in [0.15, 0.2) is 11.5 Å². The molecule has 7 atom stereocenters. The van der Waals surface area contributed by atoms with E-state index in [1.807, 2.05) is 6.08 Å². The second-order valence-electron chi connectivity index (χ2n) is 17.7. The Kier molecular flexibility index (Phi) is 9.90. The summed E-state index contributed by atoms with van der Waals surface area (Å²) in [6.07, 6.45) is 13.3. The number of aromatic hydroxyl groups is 1. The Bertz CT molecular complexity index is 2380. The number of aliphatic hydroxyl groups is 2. The molecule has 1 saturated heterocycles. The first kappa shape index (κ1) is 37.7.